The first-order valence-corrected chi connectivity index (χ1v) is 9.14. The summed E-state index contributed by atoms with van der Waals surface area (Å²) < 4.78 is 6.95. The van der Waals surface area contributed by atoms with Crippen LogP contribution < -0.4 is 10.9 Å². The molecule has 0 spiro atoms. The van der Waals surface area contributed by atoms with Crippen LogP contribution in [0.1, 0.15) is 42.4 Å². The Morgan fingerprint density at radius 1 is 1.37 bits per heavy atom. The van der Waals surface area contributed by atoms with E-state index in [0.29, 0.717) is 24.0 Å². The van der Waals surface area contributed by atoms with E-state index in [4.69, 9.17) is 4.74 Å². The maximum atomic E-state index is 12.7. The van der Waals surface area contributed by atoms with E-state index in [9.17, 15) is 14.4 Å². The van der Waals surface area contributed by atoms with Crippen molar-refractivity contribution in [2.75, 3.05) is 6.54 Å². The number of carbonyl (C=O) groups is 2. The number of ether oxygens (including phenoxy) is 1. The fraction of sp³-hybridized carbons (Fsp3) is 0.400. The number of rotatable bonds is 5. The van der Waals surface area contributed by atoms with Gasteiger partial charge in [0.15, 0.2) is 6.10 Å². The minimum atomic E-state index is -0.932. The number of aromatic nitrogens is 2. The summed E-state index contributed by atoms with van der Waals surface area (Å²) in [5.74, 6) is -0.270. The molecule has 2 heterocycles. The van der Waals surface area contributed by atoms with Crippen LogP contribution in [0, 0.1) is 0 Å². The van der Waals surface area contributed by atoms with Crippen LogP contribution in [0.15, 0.2) is 35.6 Å². The van der Waals surface area contributed by atoms with Crippen molar-refractivity contribution in [3.8, 4) is 0 Å². The standard InChI is InChI=1S/C20H23N3O4/c1-3-10-21-18(24)13(2)27-20(26)14-8-9-15-16(12-14)22-17-7-5-4-6-11-23(17)19(15)25/h3,8-9,12-13H,1,4-7,10-11H2,2H3,(H,21,24)/t13-/m1/s1. The number of aryl methyl sites for hydroxylation is 1. The van der Waals surface area contributed by atoms with E-state index >= 15 is 0 Å². The first-order valence-electron chi connectivity index (χ1n) is 9.14. The van der Waals surface area contributed by atoms with Gasteiger partial charge in [-0.25, -0.2) is 9.78 Å². The molecule has 0 fully saturated rings. The molecular formula is C20H23N3O4. The second kappa shape index (κ2) is 8.16. The third-order valence-electron chi connectivity index (χ3n) is 4.63. The quantitative estimate of drug-likeness (QED) is 0.643. The van der Waals surface area contributed by atoms with Gasteiger partial charge in [0, 0.05) is 19.5 Å². The van der Waals surface area contributed by atoms with Gasteiger partial charge in [0.05, 0.1) is 16.5 Å². The topological polar surface area (TPSA) is 90.3 Å². The monoisotopic (exact) mass is 369 g/mol. The lowest BCUT2D eigenvalue weighted by molar-refractivity contribution is -0.128. The van der Waals surface area contributed by atoms with Gasteiger partial charge >= 0.3 is 5.97 Å². The van der Waals surface area contributed by atoms with Crippen LogP contribution in [0.25, 0.3) is 10.9 Å². The van der Waals surface area contributed by atoms with E-state index in [1.54, 1.807) is 22.8 Å². The highest BCUT2D eigenvalue weighted by atomic mass is 16.5. The fourth-order valence-corrected chi connectivity index (χ4v) is 3.14. The summed E-state index contributed by atoms with van der Waals surface area (Å²) in [7, 11) is 0. The number of hydrogen-bond acceptors (Lipinski definition) is 5. The number of benzene rings is 1. The number of hydrogen-bond donors (Lipinski definition) is 1. The van der Waals surface area contributed by atoms with Crippen molar-refractivity contribution in [3.63, 3.8) is 0 Å². The summed E-state index contributed by atoms with van der Waals surface area (Å²) in [5, 5.41) is 3.06. The van der Waals surface area contributed by atoms with Crippen LogP contribution in [0.2, 0.25) is 0 Å². The van der Waals surface area contributed by atoms with E-state index < -0.39 is 18.0 Å². The van der Waals surface area contributed by atoms with Gasteiger partial charge in [0.1, 0.15) is 5.82 Å². The van der Waals surface area contributed by atoms with E-state index in [-0.39, 0.29) is 11.1 Å². The Morgan fingerprint density at radius 2 is 2.19 bits per heavy atom. The van der Waals surface area contributed by atoms with Gasteiger partial charge in [-0.05, 0) is 38.0 Å². The highest BCUT2D eigenvalue weighted by Gasteiger charge is 2.20. The number of carbonyl (C=O) groups excluding carboxylic acids is 2. The fourth-order valence-electron chi connectivity index (χ4n) is 3.14. The molecule has 0 aliphatic carbocycles. The molecular weight excluding hydrogens is 346 g/mol. The lowest BCUT2D eigenvalue weighted by Crippen LogP contribution is -2.35. The molecule has 0 saturated heterocycles. The molecule has 7 nitrogen and oxygen atoms in total. The molecule has 7 heteroatoms. The van der Waals surface area contributed by atoms with Gasteiger partial charge in [0.25, 0.3) is 11.5 Å². The second-order valence-corrected chi connectivity index (χ2v) is 6.61. The zero-order chi connectivity index (χ0) is 19.4. The molecule has 142 valence electrons. The highest BCUT2D eigenvalue weighted by molar-refractivity contribution is 5.95. The molecule has 1 amide bonds. The molecule has 1 aromatic carbocycles. The van der Waals surface area contributed by atoms with E-state index in [1.165, 1.54) is 13.0 Å². The molecule has 2 aromatic rings. The average molecular weight is 369 g/mol. The largest absolute Gasteiger partial charge is 0.449 e. The predicted octanol–water partition coefficient (Wildman–Crippen LogP) is 1.97. The molecule has 1 aliphatic heterocycles. The van der Waals surface area contributed by atoms with Gasteiger partial charge in [-0.2, -0.15) is 0 Å². The summed E-state index contributed by atoms with van der Waals surface area (Å²) in [5.41, 5.74) is 0.664. The first kappa shape index (κ1) is 18.8. The van der Waals surface area contributed by atoms with Crippen LogP contribution in [0.3, 0.4) is 0 Å². The Morgan fingerprint density at radius 3 is 2.96 bits per heavy atom. The van der Waals surface area contributed by atoms with E-state index in [2.05, 4.69) is 16.9 Å². The number of fused-ring (bicyclic) bond motifs is 2. The van der Waals surface area contributed by atoms with Crippen molar-refractivity contribution in [1.29, 1.82) is 0 Å². The summed E-state index contributed by atoms with van der Waals surface area (Å²) in [4.78, 5) is 41.5. The zero-order valence-corrected chi connectivity index (χ0v) is 15.4. The number of nitrogens with zero attached hydrogens (tertiary/aromatic N) is 2. The molecule has 1 atom stereocenters. The number of amides is 1. The van der Waals surface area contributed by atoms with Crippen molar-refractivity contribution in [2.45, 2.75) is 45.3 Å². The number of nitrogens with one attached hydrogen (secondary N) is 1. The van der Waals surface area contributed by atoms with Crippen LogP contribution in [-0.4, -0.2) is 34.1 Å². The molecule has 0 radical (unpaired) electrons. The smallest absolute Gasteiger partial charge is 0.338 e. The SMILES string of the molecule is C=CCNC(=O)[C@@H](C)OC(=O)c1ccc2c(=O)n3c(nc2c1)CCCCC3. The summed E-state index contributed by atoms with van der Waals surface area (Å²) in [6.07, 6.45) is 4.40. The van der Waals surface area contributed by atoms with E-state index in [1.807, 2.05) is 0 Å². The van der Waals surface area contributed by atoms with Gasteiger partial charge in [-0.1, -0.05) is 12.5 Å². The summed E-state index contributed by atoms with van der Waals surface area (Å²) in [6, 6.07) is 4.69. The van der Waals surface area contributed by atoms with Crippen molar-refractivity contribution >= 4 is 22.8 Å². The Balaban J connectivity index is 1.85. The molecule has 3 rings (SSSR count). The molecule has 27 heavy (non-hydrogen) atoms. The minimum Gasteiger partial charge on any atom is -0.449 e. The lowest BCUT2D eigenvalue weighted by atomic mass is 10.1. The van der Waals surface area contributed by atoms with Crippen molar-refractivity contribution in [2.24, 2.45) is 0 Å². The van der Waals surface area contributed by atoms with Crippen LogP contribution in [0.4, 0.5) is 0 Å². The summed E-state index contributed by atoms with van der Waals surface area (Å²) >= 11 is 0. The van der Waals surface area contributed by atoms with E-state index in [0.717, 1.165) is 31.5 Å². The number of esters is 1. The molecule has 0 saturated carbocycles. The van der Waals surface area contributed by atoms with Crippen LogP contribution in [0.5, 0.6) is 0 Å². The molecule has 1 aliphatic rings. The van der Waals surface area contributed by atoms with Gasteiger partial charge in [-0.3, -0.25) is 14.2 Å². The van der Waals surface area contributed by atoms with Crippen molar-refractivity contribution in [3.05, 3.63) is 52.6 Å². The van der Waals surface area contributed by atoms with Crippen molar-refractivity contribution in [1.82, 2.24) is 14.9 Å². The third-order valence-corrected chi connectivity index (χ3v) is 4.63. The van der Waals surface area contributed by atoms with Gasteiger partial charge in [-0.15, -0.1) is 6.58 Å². The first-order chi connectivity index (χ1) is 13.0. The maximum absolute atomic E-state index is 12.7. The Bertz CT molecular complexity index is 948. The summed E-state index contributed by atoms with van der Waals surface area (Å²) in [6.45, 7) is 6.00. The average Bonchev–Trinajstić information content (AvgIpc) is 2.91. The lowest BCUT2D eigenvalue weighted by Gasteiger charge is -2.13. The molecule has 0 unspecified atom stereocenters. The molecule has 1 aromatic heterocycles. The maximum Gasteiger partial charge on any atom is 0.338 e. The van der Waals surface area contributed by atoms with Gasteiger partial charge < -0.3 is 10.1 Å². The third kappa shape index (κ3) is 4.07. The normalized spacial score (nSPS) is 14.7. The molecule has 0 bridgehead atoms. The zero-order valence-electron chi connectivity index (χ0n) is 15.4. The minimum absolute atomic E-state index is 0.0750. The van der Waals surface area contributed by atoms with Crippen LogP contribution in [-0.2, 0) is 22.5 Å². The predicted molar refractivity (Wildman–Crippen MR) is 102 cm³/mol. The Kier molecular flexibility index (Phi) is 5.69. The van der Waals surface area contributed by atoms with Crippen molar-refractivity contribution < 1.29 is 14.3 Å². The van der Waals surface area contributed by atoms with Crippen LogP contribution >= 0.6 is 0 Å². The Hall–Kier alpha value is -2.96. The Labute approximate surface area is 157 Å². The van der Waals surface area contributed by atoms with Gasteiger partial charge in [0.2, 0.25) is 0 Å². The second-order valence-electron chi connectivity index (χ2n) is 6.61. The highest BCUT2D eigenvalue weighted by Crippen LogP contribution is 2.17. The molecule has 1 N–H and O–H groups in total.